The molecule has 0 aliphatic carbocycles. The van der Waals surface area contributed by atoms with Crippen LogP contribution in [0, 0.1) is 23.5 Å². The third-order valence-electron chi connectivity index (χ3n) is 6.96. The predicted octanol–water partition coefficient (Wildman–Crippen LogP) is 1.57. The number of carbonyl (C=O) groups is 2. The molecule has 2 bridgehead atoms. The number of aliphatic hydroxyl groups is 1. The van der Waals surface area contributed by atoms with Gasteiger partial charge in [0.1, 0.15) is 11.6 Å². The third-order valence-corrected chi connectivity index (χ3v) is 6.96. The van der Waals surface area contributed by atoms with Crippen molar-refractivity contribution in [2.45, 2.75) is 31.6 Å². The summed E-state index contributed by atoms with van der Waals surface area (Å²) >= 11 is 0. The van der Waals surface area contributed by atoms with E-state index in [1.165, 1.54) is 10.6 Å². The zero-order valence-corrected chi connectivity index (χ0v) is 19.2. The SMILES string of the molecule is O=C(NCc1cc(F)cc(F)c1)[C@H]1[C@H](CO)[C@H]2Cn3c(cccc3=O)[C@@H]1N2C(=O)Cc1ccccn1. The quantitative estimate of drug-likeness (QED) is 0.542. The van der Waals surface area contributed by atoms with Crippen LogP contribution < -0.4 is 10.9 Å². The largest absolute Gasteiger partial charge is 0.396 e. The van der Waals surface area contributed by atoms with E-state index in [0.717, 1.165) is 18.2 Å². The van der Waals surface area contributed by atoms with Crippen LogP contribution in [0.3, 0.4) is 0 Å². The van der Waals surface area contributed by atoms with Crippen molar-refractivity contribution in [3.8, 4) is 0 Å². The topological polar surface area (TPSA) is 105 Å². The highest BCUT2D eigenvalue weighted by molar-refractivity contribution is 5.85. The summed E-state index contributed by atoms with van der Waals surface area (Å²) in [6.45, 7) is -0.378. The molecule has 2 N–H and O–H groups in total. The van der Waals surface area contributed by atoms with Gasteiger partial charge in [0.15, 0.2) is 0 Å². The Balaban J connectivity index is 1.49. The van der Waals surface area contributed by atoms with E-state index in [4.69, 9.17) is 0 Å². The van der Waals surface area contributed by atoms with E-state index in [-0.39, 0.29) is 43.1 Å². The summed E-state index contributed by atoms with van der Waals surface area (Å²) in [6.07, 6.45) is 1.59. The average Bonchev–Trinajstić information content (AvgIpc) is 3.10. The minimum atomic E-state index is -0.873. The Hall–Kier alpha value is -3.92. The Kier molecular flexibility index (Phi) is 6.36. The molecule has 10 heteroatoms. The lowest BCUT2D eigenvalue weighted by molar-refractivity contribution is -0.136. The first-order valence-electron chi connectivity index (χ1n) is 11.6. The predicted molar refractivity (Wildman–Crippen MR) is 124 cm³/mol. The number of fused-ring (bicyclic) bond motifs is 4. The van der Waals surface area contributed by atoms with Gasteiger partial charge in [-0.1, -0.05) is 12.1 Å². The first kappa shape index (κ1) is 23.8. The molecule has 5 rings (SSSR count). The number of hydrogen-bond acceptors (Lipinski definition) is 5. The van der Waals surface area contributed by atoms with Crippen molar-refractivity contribution in [3.63, 3.8) is 0 Å². The highest BCUT2D eigenvalue weighted by atomic mass is 19.1. The maximum Gasteiger partial charge on any atom is 0.250 e. The molecular weight excluding hydrogens is 470 g/mol. The lowest BCUT2D eigenvalue weighted by Crippen LogP contribution is -2.49. The van der Waals surface area contributed by atoms with E-state index in [1.807, 2.05) is 0 Å². The second-order valence-corrected chi connectivity index (χ2v) is 9.08. The number of benzene rings is 1. The number of pyridine rings is 2. The van der Waals surface area contributed by atoms with Gasteiger partial charge in [-0.2, -0.15) is 0 Å². The molecule has 1 fully saturated rings. The number of nitrogens with one attached hydrogen (secondary N) is 1. The van der Waals surface area contributed by atoms with Crippen LogP contribution in [-0.4, -0.2) is 44.0 Å². The molecule has 0 saturated carbocycles. The second-order valence-electron chi connectivity index (χ2n) is 9.08. The number of aliphatic hydroxyl groups excluding tert-OH is 1. The van der Waals surface area contributed by atoms with Crippen molar-refractivity contribution >= 4 is 11.8 Å². The molecule has 4 heterocycles. The maximum atomic E-state index is 13.6. The first-order chi connectivity index (χ1) is 17.4. The molecule has 1 aromatic carbocycles. The molecule has 1 saturated heterocycles. The first-order valence-corrected chi connectivity index (χ1v) is 11.6. The summed E-state index contributed by atoms with van der Waals surface area (Å²) in [6, 6.07) is 11.5. The minimum Gasteiger partial charge on any atom is -0.396 e. The fourth-order valence-electron chi connectivity index (χ4n) is 5.47. The van der Waals surface area contributed by atoms with Gasteiger partial charge >= 0.3 is 0 Å². The molecule has 2 aliphatic rings. The molecule has 0 radical (unpaired) electrons. The lowest BCUT2D eigenvalue weighted by atomic mass is 9.86. The number of nitrogens with zero attached hydrogens (tertiary/aromatic N) is 3. The molecule has 8 nitrogen and oxygen atoms in total. The third kappa shape index (κ3) is 4.28. The Bertz CT molecular complexity index is 1340. The maximum absolute atomic E-state index is 13.6. The van der Waals surface area contributed by atoms with Crippen LogP contribution in [0.5, 0.6) is 0 Å². The van der Waals surface area contributed by atoms with E-state index in [0.29, 0.717) is 11.4 Å². The molecule has 3 aromatic rings. The van der Waals surface area contributed by atoms with Gasteiger partial charge < -0.3 is 19.9 Å². The Labute approximate surface area is 205 Å². The fourth-order valence-corrected chi connectivity index (χ4v) is 5.47. The molecule has 2 aliphatic heterocycles. The van der Waals surface area contributed by atoms with Crippen molar-refractivity contribution in [2.75, 3.05) is 6.61 Å². The van der Waals surface area contributed by atoms with Gasteiger partial charge in [-0.05, 0) is 35.9 Å². The van der Waals surface area contributed by atoms with Gasteiger partial charge in [0, 0.05) is 55.3 Å². The highest BCUT2D eigenvalue weighted by Gasteiger charge is 2.57. The molecule has 36 heavy (non-hydrogen) atoms. The van der Waals surface area contributed by atoms with Crippen molar-refractivity contribution in [1.29, 1.82) is 0 Å². The van der Waals surface area contributed by atoms with Crippen LogP contribution in [0.2, 0.25) is 0 Å². The minimum absolute atomic E-state index is 0.0000373. The van der Waals surface area contributed by atoms with E-state index >= 15 is 0 Å². The van der Waals surface area contributed by atoms with Gasteiger partial charge in [-0.25, -0.2) is 8.78 Å². The summed E-state index contributed by atoms with van der Waals surface area (Å²) in [5.41, 5.74) is 1.04. The van der Waals surface area contributed by atoms with Crippen LogP contribution in [0.1, 0.15) is 23.0 Å². The van der Waals surface area contributed by atoms with Crippen LogP contribution in [0.15, 0.2) is 65.6 Å². The normalized spacial score (nSPS) is 22.2. The standard InChI is InChI=1S/C26H24F2N4O4/c27-16-8-15(9-17(28)10-16)12-30-26(36)24-19(14-33)21-13-31-20(5-3-6-22(31)34)25(24)32(21)23(35)11-18-4-1-2-7-29-18/h1-10,19,21,24-25,33H,11-14H2,(H,30,36)/t19-,21-,24+,25+/m1/s1. The van der Waals surface area contributed by atoms with E-state index < -0.39 is 41.5 Å². The zero-order chi connectivity index (χ0) is 25.4. The molecule has 0 spiro atoms. The number of rotatable bonds is 6. The van der Waals surface area contributed by atoms with Crippen molar-refractivity contribution < 1.29 is 23.5 Å². The van der Waals surface area contributed by atoms with Crippen molar-refractivity contribution in [1.82, 2.24) is 19.8 Å². The van der Waals surface area contributed by atoms with Crippen LogP contribution in [0.4, 0.5) is 8.78 Å². The van der Waals surface area contributed by atoms with Crippen molar-refractivity contribution in [3.05, 3.63) is 99.7 Å². The number of carbonyl (C=O) groups excluding carboxylic acids is 2. The van der Waals surface area contributed by atoms with Gasteiger partial charge in [-0.3, -0.25) is 19.4 Å². The number of hydrogen-bond donors (Lipinski definition) is 2. The molecule has 4 atom stereocenters. The Morgan fingerprint density at radius 1 is 1.08 bits per heavy atom. The van der Waals surface area contributed by atoms with Crippen LogP contribution in [0.25, 0.3) is 0 Å². The smallest absolute Gasteiger partial charge is 0.250 e. The number of aromatic nitrogens is 2. The average molecular weight is 494 g/mol. The Morgan fingerprint density at radius 3 is 2.56 bits per heavy atom. The van der Waals surface area contributed by atoms with E-state index in [2.05, 4.69) is 10.3 Å². The van der Waals surface area contributed by atoms with Gasteiger partial charge in [0.2, 0.25) is 11.8 Å². The summed E-state index contributed by atoms with van der Waals surface area (Å²) < 4.78 is 28.7. The summed E-state index contributed by atoms with van der Waals surface area (Å²) in [5.74, 6) is -3.79. The molecule has 2 amide bonds. The molecule has 2 aromatic heterocycles. The highest BCUT2D eigenvalue weighted by Crippen LogP contribution is 2.48. The van der Waals surface area contributed by atoms with Crippen molar-refractivity contribution in [2.24, 2.45) is 11.8 Å². The van der Waals surface area contributed by atoms with E-state index in [9.17, 15) is 28.3 Å². The monoisotopic (exact) mass is 494 g/mol. The summed E-state index contributed by atoms with van der Waals surface area (Å²) in [5, 5.41) is 13.0. The number of amides is 2. The van der Waals surface area contributed by atoms with Gasteiger partial charge in [0.05, 0.1) is 24.4 Å². The van der Waals surface area contributed by atoms with Crippen LogP contribution >= 0.6 is 0 Å². The van der Waals surface area contributed by atoms with Crippen LogP contribution in [-0.2, 0) is 29.1 Å². The molecule has 0 unspecified atom stereocenters. The fraction of sp³-hybridized carbons (Fsp3) is 0.308. The molecular formula is C26H24F2N4O4. The van der Waals surface area contributed by atoms with Gasteiger partial charge in [0.25, 0.3) is 5.56 Å². The van der Waals surface area contributed by atoms with Gasteiger partial charge in [-0.15, -0.1) is 0 Å². The summed E-state index contributed by atoms with van der Waals surface area (Å²) in [7, 11) is 0. The Morgan fingerprint density at radius 2 is 1.86 bits per heavy atom. The van der Waals surface area contributed by atoms with E-state index in [1.54, 1.807) is 41.4 Å². The summed E-state index contributed by atoms with van der Waals surface area (Å²) in [4.78, 5) is 45.4. The zero-order valence-electron chi connectivity index (χ0n) is 19.2. The lowest BCUT2D eigenvalue weighted by Gasteiger charge is -2.38. The molecule has 186 valence electrons. The number of halogens is 2. The second kappa shape index (κ2) is 9.62.